The van der Waals surface area contributed by atoms with Crippen molar-refractivity contribution < 1.29 is 4.79 Å². The molecule has 0 amide bonds. The topological polar surface area (TPSA) is 17.1 Å². The van der Waals surface area contributed by atoms with E-state index in [-0.39, 0.29) is 0 Å². The van der Waals surface area contributed by atoms with Crippen molar-refractivity contribution >= 4 is 35.0 Å². The first-order chi connectivity index (χ1) is 6.90. The van der Waals surface area contributed by atoms with E-state index in [0.717, 1.165) is 11.2 Å². The van der Waals surface area contributed by atoms with Crippen LogP contribution >= 0.6 is 22.7 Å². The molecule has 0 aliphatic carbocycles. The van der Waals surface area contributed by atoms with Crippen molar-refractivity contribution in [3.8, 4) is 9.75 Å². The molecule has 0 aromatic carbocycles. The SMILES string of the molecule is O=C/C=C/c1ccc(-c2cccs2)s1. The molecule has 0 N–H and O–H groups in total. The molecule has 0 spiro atoms. The van der Waals surface area contributed by atoms with Crippen molar-refractivity contribution in [3.63, 3.8) is 0 Å². The smallest absolute Gasteiger partial charge is 0.142 e. The minimum Gasteiger partial charge on any atom is -0.299 e. The highest BCUT2D eigenvalue weighted by molar-refractivity contribution is 7.21. The number of aldehydes is 1. The molecule has 0 atom stereocenters. The van der Waals surface area contributed by atoms with Crippen LogP contribution in [0.2, 0.25) is 0 Å². The van der Waals surface area contributed by atoms with Crippen LogP contribution in [0.5, 0.6) is 0 Å². The van der Waals surface area contributed by atoms with E-state index in [1.54, 1.807) is 22.7 Å². The molecule has 14 heavy (non-hydrogen) atoms. The van der Waals surface area contributed by atoms with Gasteiger partial charge in [0.25, 0.3) is 0 Å². The zero-order chi connectivity index (χ0) is 9.80. The third-order valence-corrected chi connectivity index (χ3v) is 3.85. The van der Waals surface area contributed by atoms with E-state index in [2.05, 4.69) is 17.5 Å². The maximum absolute atomic E-state index is 10.1. The zero-order valence-electron chi connectivity index (χ0n) is 7.34. The predicted octanol–water partition coefficient (Wildman–Crippen LogP) is 3.69. The maximum Gasteiger partial charge on any atom is 0.142 e. The molecular formula is C11H8OS2. The fourth-order valence-corrected chi connectivity index (χ4v) is 2.88. The van der Waals surface area contributed by atoms with Gasteiger partial charge in [0.2, 0.25) is 0 Å². The number of thiophene rings is 2. The molecule has 2 aromatic rings. The predicted molar refractivity (Wildman–Crippen MR) is 62.7 cm³/mol. The lowest BCUT2D eigenvalue weighted by molar-refractivity contribution is -0.104. The van der Waals surface area contributed by atoms with Crippen molar-refractivity contribution in [2.75, 3.05) is 0 Å². The van der Waals surface area contributed by atoms with Crippen LogP contribution in [0.1, 0.15) is 4.88 Å². The van der Waals surface area contributed by atoms with Crippen LogP contribution in [0.25, 0.3) is 15.8 Å². The largest absolute Gasteiger partial charge is 0.299 e. The minimum absolute atomic E-state index is 0.796. The van der Waals surface area contributed by atoms with Crippen molar-refractivity contribution in [2.24, 2.45) is 0 Å². The van der Waals surface area contributed by atoms with Gasteiger partial charge in [0.1, 0.15) is 6.29 Å². The number of carbonyl (C=O) groups excluding carboxylic acids is 1. The number of carbonyl (C=O) groups is 1. The van der Waals surface area contributed by atoms with Crippen molar-refractivity contribution in [1.82, 2.24) is 0 Å². The lowest BCUT2D eigenvalue weighted by atomic mass is 10.3. The van der Waals surface area contributed by atoms with E-state index in [4.69, 9.17) is 0 Å². The van der Waals surface area contributed by atoms with Gasteiger partial charge in [0.15, 0.2) is 0 Å². The third-order valence-electron chi connectivity index (χ3n) is 1.73. The molecule has 0 aliphatic rings. The van der Waals surface area contributed by atoms with Crippen LogP contribution in [-0.2, 0) is 4.79 Å². The quantitative estimate of drug-likeness (QED) is 0.569. The Balaban J connectivity index is 2.26. The Kier molecular flexibility index (Phi) is 2.91. The Morgan fingerprint density at radius 3 is 2.79 bits per heavy atom. The molecule has 0 radical (unpaired) electrons. The summed E-state index contributed by atoms with van der Waals surface area (Å²) in [5.74, 6) is 0. The summed E-state index contributed by atoms with van der Waals surface area (Å²) in [6.45, 7) is 0. The van der Waals surface area contributed by atoms with Crippen molar-refractivity contribution in [3.05, 3.63) is 40.6 Å². The summed E-state index contributed by atoms with van der Waals surface area (Å²) in [7, 11) is 0. The van der Waals surface area contributed by atoms with E-state index in [1.165, 1.54) is 15.8 Å². The van der Waals surface area contributed by atoms with Gasteiger partial charge in [-0.25, -0.2) is 0 Å². The second-order valence-corrected chi connectivity index (χ2v) is 4.74. The summed E-state index contributed by atoms with van der Waals surface area (Å²) < 4.78 is 0. The molecule has 0 fully saturated rings. The molecule has 0 saturated carbocycles. The van der Waals surface area contributed by atoms with E-state index in [0.29, 0.717) is 0 Å². The summed E-state index contributed by atoms with van der Waals surface area (Å²) in [4.78, 5) is 13.8. The van der Waals surface area contributed by atoms with Gasteiger partial charge in [0.05, 0.1) is 0 Å². The Morgan fingerprint density at radius 2 is 2.07 bits per heavy atom. The molecule has 1 nitrogen and oxygen atoms in total. The molecule has 3 heteroatoms. The summed E-state index contributed by atoms with van der Waals surface area (Å²) >= 11 is 3.43. The normalized spacial score (nSPS) is 10.9. The van der Waals surface area contributed by atoms with Gasteiger partial charge in [-0.3, -0.25) is 4.79 Å². The van der Waals surface area contributed by atoms with E-state index < -0.39 is 0 Å². The molecule has 2 heterocycles. The van der Waals surface area contributed by atoms with E-state index >= 15 is 0 Å². The lowest BCUT2D eigenvalue weighted by Gasteiger charge is -1.86. The molecule has 2 rings (SSSR count). The summed E-state index contributed by atoms with van der Waals surface area (Å²) in [6, 6.07) is 8.26. The van der Waals surface area contributed by atoms with Crippen LogP contribution in [-0.4, -0.2) is 6.29 Å². The fourth-order valence-electron chi connectivity index (χ4n) is 1.13. The number of hydrogen-bond donors (Lipinski definition) is 0. The molecule has 0 aliphatic heterocycles. The van der Waals surface area contributed by atoms with Crippen LogP contribution in [0.4, 0.5) is 0 Å². The molecule has 2 aromatic heterocycles. The Bertz CT molecular complexity index is 438. The van der Waals surface area contributed by atoms with Crippen LogP contribution in [0.3, 0.4) is 0 Å². The van der Waals surface area contributed by atoms with Crippen molar-refractivity contribution in [1.29, 1.82) is 0 Å². The van der Waals surface area contributed by atoms with Crippen LogP contribution < -0.4 is 0 Å². The number of rotatable bonds is 3. The first kappa shape index (κ1) is 9.37. The average Bonchev–Trinajstić information content (AvgIpc) is 2.85. The van der Waals surface area contributed by atoms with Gasteiger partial charge in [-0.05, 0) is 35.7 Å². The van der Waals surface area contributed by atoms with Crippen molar-refractivity contribution in [2.45, 2.75) is 0 Å². The van der Waals surface area contributed by atoms with Gasteiger partial charge >= 0.3 is 0 Å². The monoisotopic (exact) mass is 220 g/mol. The number of hydrogen-bond acceptors (Lipinski definition) is 3. The van der Waals surface area contributed by atoms with Gasteiger partial charge in [-0.1, -0.05) is 6.07 Å². The standard InChI is InChI=1S/C11H8OS2/c12-7-1-3-9-5-6-11(14-9)10-4-2-8-13-10/h1-8H/b3-1+. The van der Waals surface area contributed by atoms with Gasteiger partial charge in [-0.15, -0.1) is 22.7 Å². The summed E-state index contributed by atoms with van der Waals surface area (Å²) in [6.07, 6.45) is 4.14. The molecule has 70 valence electrons. The molecule has 0 unspecified atom stereocenters. The Hall–Kier alpha value is -1.19. The highest BCUT2D eigenvalue weighted by Crippen LogP contribution is 2.31. The zero-order valence-corrected chi connectivity index (χ0v) is 8.98. The highest BCUT2D eigenvalue weighted by Gasteiger charge is 2.00. The first-order valence-electron chi connectivity index (χ1n) is 4.16. The first-order valence-corrected chi connectivity index (χ1v) is 5.85. The average molecular weight is 220 g/mol. The maximum atomic E-state index is 10.1. The third kappa shape index (κ3) is 2.00. The van der Waals surface area contributed by atoms with Crippen LogP contribution in [0, 0.1) is 0 Å². The number of allylic oxidation sites excluding steroid dienone is 1. The van der Waals surface area contributed by atoms with Gasteiger partial charge in [0, 0.05) is 14.6 Å². The Morgan fingerprint density at radius 1 is 1.14 bits per heavy atom. The van der Waals surface area contributed by atoms with Crippen LogP contribution in [0.15, 0.2) is 35.7 Å². The Labute approximate surface area is 90.3 Å². The minimum atomic E-state index is 0.796. The summed E-state index contributed by atoms with van der Waals surface area (Å²) in [5.41, 5.74) is 0. The molecule has 0 bridgehead atoms. The molecule has 0 saturated heterocycles. The highest BCUT2D eigenvalue weighted by atomic mass is 32.1. The van der Waals surface area contributed by atoms with Gasteiger partial charge in [-0.2, -0.15) is 0 Å². The second kappa shape index (κ2) is 4.35. The molecular weight excluding hydrogens is 212 g/mol. The summed E-state index contributed by atoms with van der Waals surface area (Å²) in [5, 5.41) is 2.07. The second-order valence-electron chi connectivity index (χ2n) is 2.67. The lowest BCUT2D eigenvalue weighted by Crippen LogP contribution is -1.58. The van der Waals surface area contributed by atoms with E-state index in [1.807, 2.05) is 18.2 Å². The van der Waals surface area contributed by atoms with Gasteiger partial charge < -0.3 is 0 Å². The fraction of sp³-hybridized carbons (Fsp3) is 0. The van der Waals surface area contributed by atoms with E-state index in [9.17, 15) is 4.79 Å².